The monoisotopic (exact) mass is 292 g/mol. The van der Waals surface area contributed by atoms with Gasteiger partial charge >= 0.3 is 5.97 Å². The summed E-state index contributed by atoms with van der Waals surface area (Å²) >= 11 is 0. The lowest BCUT2D eigenvalue weighted by Crippen LogP contribution is -2.01. The number of carbonyl (C=O) groups excluding carboxylic acids is 1. The zero-order valence-corrected chi connectivity index (χ0v) is 11.1. The van der Waals surface area contributed by atoms with Crippen molar-refractivity contribution in [2.75, 3.05) is 0 Å². The molecule has 0 spiro atoms. The lowest BCUT2D eigenvalue weighted by Gasteiger charge is -2.25. The molecule has 0 amide bonds. The van der Waals surface area contributed by atoms with Gasteiger partial charge in [-0.15, -0.1) is 10.6 Å². The fourth-order valence-corrected chi connectivity index (χ4v) is 2.64. The predicted molar refractivity (Wildman–Crippen MR) is 76.9 cm³/mol. The van der Waals surface area contributed by atoms with Crippen LogP contribution in [0, 0.1) is 0 Å². The van der Waals surface area contributed by atoms with E-state index in [0.29, 0.717) is 0 Å². The minimum absolute atomic E-state index is 0.0234. The number of carboxylic acids is 1. The van der Waals surface area contributed by atoms with Crippen LogP contribution in [0.1, 0.15) is 20.7 Å². The number of carboxylic acid groups (broad SMARTS) is 1. The van der Waals surface area contributed by atoms with E-state index in [1.54, 1.807) is 0 Å². The second-order valence-corrected chi connectivity index (χ2v) is 6.00. The summed E-state index contributed by atoms with van der Waals surface area (Å²) in [6.45, 7) is 0. The van der Waals surface area contributed by atoms with Crippen LogP contribution in [0.2, 0.25) is 0 Å². The van der Waals surface area contributed by atoms with Gasteiger partial charge in [-0.1, -0.05) is 12.1 Å². The van der Waals surface area contributed by atoms with Crippen molar-refractivity contribution in [3.05, 3.63) is 70.0 Å². The molecule has 1 heterocycles. The van der Waals surface area contributed by atoms with Crippen molar-refractivity contribution in [2.24, 2.45) is 0 Å². The first-order valence-corrected chi connectivity index (χ1v) is 7.23. The molecule has 0 saturated carbocycles. The van der Waals surface area contributed by atoms with Gasteiger partial charge in [0.1, 0.15) is 0 Å². The summed E-state index contributed by atoms with van der Waals surface area (Å²) in [5, 5.41) is 10.1. The van der Waals surface area contributed by atoms with Crippen LogP contribution in [0.25, 0.3) is 0 Å². The Morgan fingerprint density at radius 2 is 1.85 bits per heavy atom. The summed E-state index contributed by atoms with van der Waals surface area (Å²) in [5.74, 6) is -1.52. The molecular weight excluding hydrogens is 280 g/mol. The Bertz CT molecular complexity index is 655. The molecule has 3 N–H and O–H groups in total. The van der Waals surface area contributed by atoms with E-state index in [0.717, 1.165) is 0 Å². The molecule has 6 heteroatoms. The second-order valence-electron chi connectivity index (χ2n) is 4.07. The standard InChI is InChI=1S/C14H12O5S/c15-13(7-6-12-5-2-8-20(12,18)19)10-3-1-4-11(9-10)14(16)17/h1-9,18-19H,(H,16,17)/b7-6+. The molecule has 1 aromatic carbocycles. The lowest BCUT2D eigenvalue weighted by molar-refractivity contribution is 0.0697. The molecule has 104 valence electrons. The number of benzene rings is 1. The van der Waals surface area contributed by atoms with Gasteiger partial charge in [0, 0.05) is 11.0 Å². The summed E-state index contributed by atoms with van der Waals surface area (Å²) < 4.78 is 19.2. The quantitative estimate of drug-likeness (QED) is 0.584. The third kappa shape index (κ3) is 3.05. The average molecular weight is 292 g/mol. The molecule has 0 aromatic heterocycles. The molecule has 5 nitrogen and oxygen atoms in total. The van der Waals surface area contributed by atoms with Gasteiger partial charge in [0.15, 0.2) is 5.78 Å². The van der Waals surface area contributed by atoms with E-state index < -0.39 is 22.3 Å². The summed E-state index contributed by atoms with van der Waals surface area (Å²) in [4.78, 5) is 23.0. The topological polar surface area (TPSA) is 94.8 Å². The van der Waals surface area contributed by atoms with E-state index >= 15 is 0 Å². The number of allylic oxidation sites excluding steroid dienone is 4. The van der Waals surface area contributed by atoms with E-state index in [-0.39, 0.29) is 16.0 Å². The lowest BCUT2D eigenvalue weighted by atomic mass is 10.1. The van der Waals surface area contributed by atoms with E-state index in [9.17, 15) is 18.7 Å². The first-order chi connectivity index (χ1) is 9.40. The van der Waals surface area contributed by atoms with Gasteiger partial charge in [0.25, 0.3) is 0 Å². The van der Waals surface area contributed by atoms with Gasteiger partial charge < -0.3 is 5.11 Å². The Morgan fingerprint density at radius 3 is 2.45 bits per heavy atom. The molecule has 0 unspecified atom stereocenters. The Morgan fingerprint density at radius 1 is 1.15 bits per heavy atom. The number of ketones is 1. The van der Waals surface area contributed by atoms with Gasteiger partial charge in [0.2, 0.25) is 0 Å². The normalized spacial score (nSPS) is 18.0. The molecule has 2 rings (SSSR count). The number of carbonyl (C=O) groups is 2. The highest BCUT2D eigenvalue weighted by Gasteiger charge is 2.16. The number of rotatable bonds is 4. The third-order valence-corrected chi connectivity index (χ3v) is 4.17. The highest BCUT2D eigenvalue weighted by molar-refractivity contribution is 8.30. The van der Waals surface area contributed by atoms with Crippen molar-refractivity contribution in [1.82, 2.24) is 0 Å². The number of hydrogen-bond donors (Lipinski definition) is 3. The van der Waals surface area contributed by atoms with Crippen molar-refractivity contribution in [1.29, 1.82) is 0 Å². The van der Waals surface area contributed by atoms with Gasteiger partial charge in [-0.3, -0.25) is 13.9 Å². The third-order valence-electron chi connectivity index (χ3n) is 2.67. The summed E-state index contributed by atoms with van der Waals surface area (Å²) in [6, 6.07) is 5.64. The first-order valence-electron chi connectivity index (χ1n) is 5.62. The van der Waals surface area contributed by atoms with Crippen LogP contribution in [-0.2, 0) is 0 Å². The zero-order chi connectivity index (χ0) is 14.8. The second kappa shape index (κ2) is 5.46. The first kappa shape index (κ1) is 14.3. The summed E-state index contributed by atoms with van der Waals surface area (Å²) in [5.41, 5.74) is 0.250. The molecule has 0 aliphatic carbocycles. The van der Waals surface area contributed by atoms with Crippen LogP contribution >= 0.6 is 10.6 Å². The molecule has 1 aliphatic heterocycles. The van der Waals surface area contributed by atoms with Gasteiger partial charge in [0.05, 0.1) is 10.5 Å². The van der Waals surface area contributed by atoms with Crippen LogP contribution in [0.5, 0.6) is 0 Å². The Balaban J connectivity index is 2.17. The average Bonchev–Trinajstić information content (AvgIpc) is 2.75. The smallest absolute Gasteiger partial charge is 0.335 e. The number of hydrogen-bond acceptors (Lipinski definition) is 4. The van der Waals surface area contributed by atoms with Crippen molar-refractivity contribution >= 4 is 22.3 Å². The molecule has 0 saturated heterocycles. The molecule has 1 aromatic rings. The fourth-order valence-electron chi connectivity index (χ4n) is 1.64. The highest BCUT2D eigenvalue weighted by atomic mass is 32.3. The summed E-state index contributed by atoms with van der Waals surface area (Å²) in [7, 11) is -2.94. The SMILES string of the molecule is O=C(O)c1cccc(C(=O)/C=C/C2=CC=CS2(O)O)c1. The van der Waals surface area contributed by atoms with E-state index in [4.69, 9.17) is 5.11 Å². The van der Waals surface area contributed by atoms with Crippen molar-refractivity contribution in [3.8, 4) is 0 Å². The Hall–Kier alpha value is -2.15. The van der Waals surface area contributed by atoms with Gasteiger partial charge in [-0.2, -0.15) is 0 Å². The van der Waals surface area contributed by atoms with E-state index in [2.05, 4.69) is 0 Å². The van der Waals surface area contributed by atoms with E-state index in [1.807, 2.05) is 0 Å². The maximum atomic E-state index is 11.9. The fraction of sp³-hybridized carbons (Fsp3) is 0. The van der Waals surface area contributed by atoms with Crippen LogP contribution in [0.3, 0.4) is 0 Å². The molecular formula is C14H12O5S. The van der Waals surface area contributed by atoms with Crippen LogP contribution in [-0.4, -0.2) is 26.0 Å². The van der Waals surface area contributed by atoms with Crippen molar-refractivity contribution in [2.45, 2.75) is 0 Å². The predicted octanol–water partition coefficient (Wildman–Crippen LogP) is 3.29. The molecule has 0 bridgehead atoms. The molecule has 0 atom stereocenters. The number of aromatic carboxylic acids is 1. The van der Waals surface area contributed by atoms with Crippen molar-refractivity contribution < 1.29 is 23.8 Å². The maximum absolute atomic E-state index is 11.9. The minimum atomic E-state index is -2.94. The Labute approximate surface area is 116 Å². The molecule has 20 heavy (non-hydrogen) atoms. The maximum Gasteiger partial charge on any atom is 0.335 e. The molecule has 0 fully saturated rings. The van der Waals surface area contributed by atoms with Gasteiger partial charge in [-0.05, 0) is 36.4 Å². The molecule has 1 aliphatic rings. The van der Waals surface area contributed by atoms with Crippen LogP contribution in [0.15, 0.2) is 58.9 Å². The van der Waals surface area contributed by atoms with Gasteiger partial charge in [-0.25, -0.2) is 4.79 Å². The van der Waals surface area contributed by atoms with Crippen LogP contribution < -0.4 is 0 Å². The van der Waals surface area contributed by atoms with Crippen molar-refractivity contribution in [3.63, 3.8) is 0 Å². The molecule has 0 radical (unpaired) electrons. The summed E-state index contributed by atoms with van der Waals surface area (Å²) in [6.07, 6.45) is 5.52. The highest BCUT2D eigenvalue weighted by Crippen LogP contribution is 2.52. The Kier molecular flexibility index (Phi) is 3.89. The van der Waals surface area contributed by atoms with Crippen LogP contribution in [0.4, 0.5) is 0 Å². The largest absolute Gasteiger partial charge is 0.478 e. The zero-order valence-electron chi connectivity index (χ0n) is 10.3. The minimum Gasteiger partial charge on any atom is -0.478 e. The van der Waals surface area contributed by atoms with E-state index in [1.165, 1.54) is 54.0 Å².